The average molecular weight is 370 g/mol. The Morgan fingerprint density at radius 1 is 1.47 bits per heavy atom. The number of rotatable bonds is 2. The zero-order valence-electron chi connectivity index (χ0n) is 10.4. The van der Waals surface area contributed by atoms with Gasteiger partial charge in [-0.3, -0.25) is 9.89 Å². The number of nitrogens with zero attached hydrogens (tertiary/aromatic N) is 1. The number of benzene rings is 1. The van der Waals surface area contributed by atoms with Crippen LogP contribution in [0.25, 0.3) is 10.9 Å². The fourth-order valence-corrected chi connectivity index (χ4v) is 2.88. The Labute approximate surface area is 124 Å². The zero-order chi connectivity index (χ0) is 13.2. The van der Waals surface area contributed by atoms with Gasteiger partial charge in [0.25, 0.3) is 5.91 Å². The van der Waals surface area contributed by atoms with Crippen molar-refractivity contribution < 1.29 is 4.79 Å². The molecule has 0 saturated carbocycles. The van der Waals surface area contributed by atoms with Gasteiger partial charge in [-0.15, -0.1) is 0 Å². The van der Waals surface area contributed by atoms with Crippen molar-refractivity contribution in [2.45, 2.75) is 18.9 Å². The van der Waals surface area contributed by atoms with Gasteiger partial charge in [-0.1, -0.05) is 0 Å². The first kappa shape index (κ1) is 12.9. The standard InChI is InChI=1S/C13H15IN4O/c14-8-3-4-11-10(6-8)12(18-17-11)13(19)16-9-2-1-5-15-7-9/h3-4,6,9,15H,1-2,5,7H2,(H,16,19)(H,17,18)/t9-/m0/s1. The highest BCUT2D eigenvalue weighted by Gasteiger charge is 2.19. The molecule has 0 spiro atoms. The van der Waals surface area contributed by atoms with Crippen LogP contribution >= 0.6 is 22.6 Å². The third-order valence-corrected chi connectivity index (χ3v) is 4.04. The normalized spacial score (nSPS) is 19.5. The van der Waals surface area contributed by atoms with Gasteiger partial charge in [0.05, 0.1) is 5.52 Å². The van der Waals surface area contributed by atoms with Crippen LogP contribution in [-0.4, -0.2) is 35.2 Å². The Morgan fingerprint density at radius 3 is 3.16 bits per heavy atom. The number of carbonyl (C=O) groups excluding carboxylic acids is 1. The number of nitrogens with one attached hydrogen (secondary N) is 3. The highest BCUT2D eigenvalue weighted by Crippen LogP contribution is 2.19. The molecule has 6 heteroatoms. The highest BCUT2D eigenvalue weighted by atomic mass is 127. The van der Waals surface area contributed by atoms with Gasteiger partial charge in [0, 0.05) is 21.5 Å². The summed E-state index contributed by atoms with van der Waals surface area (Å²) in [5, 5.41) is 14.3. The summed E-state index contributed by atoms with van der Waals surface area (Å²) < 4.78 is 1.10. The van der Waals surface area contributed by atoms with Crippen molar-refractivity contribution in [2.24, 2.45) is 0 Å². The molecule has 3 rings (SSSR count). The number of carbonyl (C=O) groups is 1. The minimum absolute atomic E-state index is 0.0954. The molecule has 1 atom stereocenters. The molecule has 2 heterocycles. The molecule has 1 fully saturated rings. The summed E-state index contributed by atoms with van der Waals surface area (Å²) in [5.41, 5.74) is 1.38. The fraction of sp³-hybridized carbons (Fsp3) is 0.385. The number of amides is 1. The molecule has 100 valence electrons. The first-order valence-corrected chi connectivity index (χ1v) is 7.47. The number of hydrogen-bond acceptors (Lipinski definition) is 3. The van der Waals surface area contributed by atoms with Crippen LogP contribution < -0.4 is 10.6 Å². The Kier molecular flexibility index (Phi) is 3.69. The van der Waals surface area contributed by atoms with Crippen LogP contribution in [0.5, 0.6) is 0 Å². The number of aromatic nitrogens is 2. The van der Waals surface area contributed by atoms with E-state index in [4.69, 9.17) is 0 Å². The lowest BCUT2D eigenvalue weighted by Gasteiger charge is -2.23. The predicted molar refractivity (Wildman–Crippen MR) is 82.2 cm³/mol. The van der Waals surface area contributed by atoms with Crippen molar-refractivity contribution in [3.63, 3.8) is 0 Å². The van der Waals surface area contributed by atoms with Crippen molar-refractivity contribution in [3.8, 4) is 0 Å². The van der Waals surface area contributed by atoms with E-state index in [0.717, 1.165) is 40.4 Å². The Balaban J connectivity index is 1.82. The summed E-state index contributed by atoms with van der Waals surface area (Å²) in [6.45, 7) is 1.88. The van der Waals surface area contributed by atoms with Gasteiger partial charge in [-0.25, -0.2) is 0 Å². The maximum Gasteiger partial charge on any atom is 0.272 e. The fourth-order valence-electron chi connectivity index (χ4n) is 2.39. The Bertz CT molecular complexity index is 604. The number of aromatic amines is 1. The van der Waals surface area contributed by atoms with Crippen molar-refractivity contribution in [3.05, 3.63) is 27.5 Å². The number of fused-ring (bicyclic) bond motifs is 1. The summed E-state index contributed by atoms with van der Waals surface area (Å²) in [4.78, 5) is 12.3. The molecule has 1 saturated heterocycles. The lowest BCUT2D eigenvalue weighted by Crippen LogP contribution is -2.45. The van der Waals surface area contributed by atoms with E-state index in [0.29, 0.717) is 5.69 Å². The summed E-state index contributed by atoms with van der Waals surface area (Å²) >= 11 is 2.24. The average Bonchev–Trinajstić information content (AvgIpc) is 2.82. The minimum Gasteiger partial charge on any atom is -0.347 e. The lowest BCUT2D eigenvalue weighted by atomic mass is 10.1. The highest BCUT2D eigenvalue weighted by molar-refractivity contribution is 14.1. The number of piperidine rings is 1. The van der Waals surface area contributed by atoms with Gasteiger partial charge in [0.1, 0.15) is 0 Å². The maximum absolute atomic E-state index is 12.3. The van der Waals surface area contributed by atoms with E-state index in [-0.39, 0.29) is 11.9 Å². The van der Waals surface area contributed by atoms with Gasteiger partial charge in [0.15, 0.2) is 5.69 Å². The predicted octanol–water partition coefficient (Wildman–Crippen LogP) is 1.65. The molecule has 1 aromatic heterocycles. The molecule has 5 nitrogen and oxygen atoms in total. The molecule has 0 radical (unpaired) electrons. The smallest absolute Gasteiger partial charge is 0.272 e. The van der Waals surface area contributed by atoms with Crippen LogP contribution in [-0.2, 0) is 0 Å². The summed E-state index contributed by atoms with van der Waals surface area (Å²) in [6, 6.07) is 6.13. The van der Waals surface area contributed by atoms with Gasteiger partial charge >= 0.3 is 0 Å². The Morgan fingerprint density at radius 2 is 2.37 bits per heavy atom. The third-order valence-electron chi connectivity index (χ3n) is 3.37. The Hall–Kier alpha value is -1.15. The molecule has 1 amide bonds. The molecular formula is C13H15IN4O. The number of halogens is 1. The monoisotopic (exact) mass is 370 g/mol. The van der Waals surface area contributed by atoms with Crippen LogP contribution in [0.1, 0.15) is 23.3 Å². The first-order valence-electron chi connectivity index (χ1n) is 6.39. The first-order chi connectivity index (χ1) is 9.24. The summed E-state index contributed by atoms with van der Waals surface area (Å²) in [6.07, 6.45) is 2.13. The molecule has 1 aliphatic rings. The van der Waals surface area contributed by atoms with Crippen LogP contribution in [0.3, 0.4) is 0 Å². The van der Waals surface area contributed by atoms with Crippen LogP contribution in [0.15, 0.2) is 18.2 Å². The topological polar surface area (TPSA) is 69.8 Å². The van der Waals surface area contributed by atoms with Crippen LogP contribution in [0.4, 0.5) is 0 Å². The molecule has 1 aromatic carbocycles. The second-order valence-electron chi connectivity index (χ2n) is 4.78. The molecule has 0 unspecified atom stereocenters. The van der Waals surface area contributed by atoms with Gasteiger partial charge in [-0.05, 0) is 60.2 Å². The molecular weight excluding hydrogens is 355 g/mol. The van der Waals surface area contributed by atoms with Crippen molar-refractivity contribution in [1.29, 1.82) is 0 Å². The second-order valence-corrected chi connectivity index (χ2v) is 6.02. The summed E-state index contributed by atoms with van der Waals surface area (Å²) in [5.74, 6) is -0.0954. The van der Waals surface area contributed by atoms with E-state index in [2.05, 4.69) is 43.4 Å². The van der Waals surface area contributed by atoms with Crippen LogP contribution in [0, 0.1) is 3.57 Å². The summed E-state index contributed by atoms with van der Waals surface area (Å²) in [7, 11) is 0. The van der Waals surface area contributed by atoms with Crippen molar-refractivity contribution in [1.82, 2.24) is 20.8 Å². The van der Waals surface area contributed by atoms with Gasteiger partial charge < -0.3 is 10.6 Å². The van der Waals surface area contributed by atoms with Crippen molar-refractivity contribution in [2.75, 3.05) is 13.1 Å². The number of H-pyrrole nitrogens is 1. The maximum atomic E-state index is 12.3. The number of hydrogen-bond donors (Lipinski definition) is 3. The SMILES string of the molecule is O=C(N[C@H]1CCCNC1)c1n[nH]c2ccc(I)cc12. The van der Waals surface area contributed by atoms with Crippen LogP contribution in [0.2, 0.25) is 0 Å². The lowest BCUT2D eigenvalue weighted by molar-refractivity contribution is 0.0927. The molecule has 0 aliphatic carbocycles. The largest absolute Gasteiger partial charge is 0.347 e. The molecule has 3 N–H and O–H groups in total. The van der Waals surface area contributed by atoms with Gasteiger partial charge in [0.2, 0.25) is 0 Å². The molecule has 19 heavy (non-hydrogen) atoms. The minimum atomic E-state index is -0.0954. The third kappa shape index (κ3) is 2.74. The van der Waals surface area contributed by atoms with E-state index >= 15 is 0 Å². The van der Waals surface area contributed by atoms with Crippen molar-refractivity contribution >= 4 is 39.4 Å². The molecule has 0 bridgehead atoms. The zero-order valence-corrected chi connectivity index (χ0v) is 12.5. The van der Waals surface area contributed by atoms with E-state index in [1.54, 1.807) is 0 Å². The molecule has 1 aliphatic heterocycles. The van der Waals surface area contributed by atoms with E-state index in [9.17, 15) is 4.79 Å². The molecule has 2 aromatic rings. The van der Waals surface area contributed by atoms with E-state index in [1.807, 2.05) is 18.2 Å². The quantitative estimate of drug-likeness (QED) is 0.705. The van der Waals surface area contributed by atoms with Gasteiger partial charge in [-0.2, -0.15) is 5.10 Å². The van der Waals surface area contributed by atoms with E-state index < -0.39 is 0 Å². The second kappa shape index (κ2) is 5.46. The van der Waals surface area contributed by atoms with E-state index in [1.165, 1.54) is 0 Å².